The van der Waals surface area contributed by atoms with E-state index < -0.39 is 28.4 Å². The zero-order valence-corrected chi connectivity index (χ0v) is 14.4. The topological polar surface area (TPSA) is 104 Å². The number of hydrogen-bond donors (Lipinski definition) is 2. The van der Waals surface area contributed by atoms with E-state index in [1.165, 1.54) is 29.2 Å². The summed E-state index contributed by atoms with van der Waals surface area (Å²) in [5, 5.41) is 8.88. The number of carboxylic acid groups (broad SMARTS) is 1. The Hall–Kier alpha value is -1.93. The van der Waals surface area contributed by atoms with Crippen LogP contribution in [0.25, 0.3) is 0 Å². The molecule has 0 unspecified atom stereocenters. The molecule has 0 aliphatic carbocycles. The van der Waals surface area contributed by atoms with Gasteiger partial charge >= 0.3 is 5.97 Å². The standard InChI is InChI=1S/C15H22N2O5S/c1-10(2)16-23(21,22)13-7-5-12(6-8-13)15(20)17(11(3)4)9-14(18)19/h5-8,10-11,16H,9H2,1-4H3,(H,18,19). The van der Waals surface area contributed by atoms with Crippen molar-refractivity contribution in [1.29, 1.82) is 0 Å². The quantitative estimate of drug-likeness (QED) is 0.777. The molecule has 0 saturated carbocycles. The van der Waals surface area contributed by atoms with E-state index in [0.717, 1.165) is 0 Å². The molecule has 1 aromatic carbocycles. The average molecular weight is 342 g/mol. The molecule has 0 aliphatic rings. The Morgan fingerprint density at radius 1 is 1.13 bits per heavy atom. The lowest BCUT2D eigenvalue weighted by molar-refractivity contribution is -0.138. The van der Waals surface area contributed by atoms with E-state index in [2.05, 4.69) is 4.72 Å². The number of sulfonamides is 1. The molecule has 0 bridgehead atoms. The highest BCUT2D eigenvalue weighted by Gasteiger charge is 2.22. The van der Waals surface area contributed by atoms with Gasteiger partial charge in [-0.2, -0.15) is 0 Å². The molecule has 0 heterocycles. The minimum atomic E-state index is -3.63. The van der Waals surface area contributed by atoms with Gasteiger partial charge in [0, 0.05) is 17.6 Å². The summed E-state index contributed by atoms with van der Waals surface area (Å²) in [6, 6.07) is 4.90. The maximum atomic E-state index is 12.4. The molecule has 0 radical (unpaired) electrons. The van der Waals surface area contributed by atoms with Crippen LogP contribution in [0.5, 0.6) is 0 Å². The largest absolute Gasteiger partial charge is 0.480 e. The van der Waals surface area contributed by atoms with E-state index in [1.54, 1.807) is 27.7 Å². The van der Waals surface area contributed by atoms with Gasteiger partial charge in [0.1, 0.15) is 6.54 Å². The van der Waals surface area contributed by atoms with Crippen LogP contribution in [0.15, 0.2) is 29.2 Å². The summed E-state index contributed by atoms with van der Waals surface area (Å²) in [5.41, 5.74) is 0.239. The molecule has 7 nitrogen and oxygen atoms in total. The Kier molecular flexibility index (Phi) is 6.28. The number of nitrogens with one attached hydrogen (secondary N) is 1. The highest BCUT2D eigenvalue weighted by atomic mass is 32.2. The van der Waals surface area contributed by atoms with Crippen molar-refractivity contribution in [3.63, 3.8) is 0 Å². The van der Waals surface area contributed by atoms with Crippen LogP contribution in [-0.2, 0) is 14.8 Å². The zero-order valence-electron chi connectivity index (χ0n) is 13.6. The fourth-order valence-corrected chi connectivity index (χ4v) is 3.21. The number of carboxylic acids is 1. The van der Waals surface area contributed by atoms with Gasteiger partial charge in [-0.15, -0.1) is 0 Å². The lowest BCUT2D eigenvalue weighted by Crippen LogP contribution is -2.40. The van der Waals surface area contributed by atoms with Crippen LogP contribution in [0.1, 0.15) is 38.1 Å². The predicted octanol–water partition coefficient (Wildman–Crippen LogP) is 1.31. The molecule has 0 saturated heterocycles. The summed E-state index contributed by atoms with van der Waals surface area (Å²) < 4.78 is 26.5. The second-order valence-corrected chi connectivity index (χ2v) is 7.43. The number of carbonyl (C=O) groups excluding carboxylic acids is 1. The third kappa shape index (κ3) is 5.33. The fraction of sp³-hybridized carbons (Fsp3) is 0.467. The third-order valence-electron chi connectivity index (χ3n) is 2.99. The number of nitrogens with zero attached hydrogens (tertiary/aromatic N) is 1. The third-order valence-corrected chi connectivity index (χ3v) is 4.67. The minimum absolute atomic E-state index is 0.0529. The molecule has 0 aliphatic heterocycles. The van der Waals surface area contributed by atoms with Crippen molar-refractivity contribution in [1.82, 2.24) is 9.62 Å². The first kappa shape index (κ1) is 19.1. The SMILES string of the molecule is CC(C)NS(=O)(=O)c1ccc(C(=O)N(CC(=O)O)C(C)C)cc1. The molecule has 0 fully saturated rings. The summed E-state index contributed by atoms with van der Waals surface area (Å²) in [5.74, 6) is -1.56. The van der Waals surface area contributed by atoms with Crippen LogP contribution in [0.4, 0.5) is 0 Å². The van der Waals surface area contributed by atoms with Gasteiger partial charge in [0.15, 0.2) is 0 Å². The van der Waals surface area contributed by atoms with Crippen LogP contribution in [-0.4, -0.2) is 48.9 Å². The number of carbonyl (C=O) groups is 2. The summed E-state index contributed by atoms with van der Waals surface area (Å²) in [7, 11) is -3.63. The summed E-state index contributed by atoms with van der Waals surface area (Å²) in [6.07, 6.45) is 0. The number of rotatable bonds is 7. The van der Waals surface area contributed by atoms with Crippen LogP contribution >= 0.6 is 0 Å². The molecule has 128 valence electrons. The van der Waals surface area contributed by atoms with Crippen molar-refractivity contribution in [3.05, 3.63) is 29.8 Å². The van der Waals surface area contributed by atoms with Gasteiger partial charge < -0.3 is 10.0 Å². The molecule has 2 N–H and O–H groups in total. The molecule has 0 spiro atoms. The summed E-state index contributed by atoms with van der Waals surface area (Å²) >= 11 is 0. The molecule has 0 atom stereocenters. The van der Waals surface area contributed by atoms with Crippen LogP contribution in [0.2, 0.25) is 0 Å². The maximum absolute atomic E-state index is 12.4. The minimum Gasteiger partial charge on any atom is -0.480 e. The first-order valence-corrected chi connectivity index (χ1v) is 8.68. The van der Waals surface area contributed by atoms with Gasteiger partial charge in [0.05, 0.1) is 4.90 Å². The second-order valence-electron chi connectivity index (χ2n) is 5.72. The van der Waals surface area contributed by atoms with Gasteiger partial charge in [-0.25, -0.2) is 13.1 Å². The van der Waals surface area contributed by atoms with Crippen molar-refractivity contribution >= 4 is 21.9 Å². The van der Waals surface area contributed by atoms with Crippen LogP contribution < -0.4 is 4.72 Å². The van der Waals surface area contributed by atoms with E-state index in [0.29, 0.717) is 0 Å². The van der Waals surface area contributed by atoms with Gasteiger partial charge in [0.2, 0.25) is 10.0 Å². The van der Waals surface area contributed by atoms with Gasteiger partial charge in [-0.3, -0.25) is 9.59 Å². The highest BCUT2D eigenvalue weighted by molar-refractivity contribution is 7.89. The lowest BCUT2D eigenvalue weighted by atomic mass is 10.1. The van der Waals surface area contributed by atoms with Gasteiger partial charge in [0.25, 0.3) is 5.91 Å². The van der Waals surface area contributed by atoms with Crippen molar-refractivity contribution in [2.45, 2.75) is 44.7 Å². The summed E-state index contributed by atoms with van der Waals surface area (Å²) in [6.45, 7) is 6.44. The van der Waals surface area contributed by atoms with E-state index in [1.807, 2.05) is 0 Å². The molecule has 1 amide bonds. The Morgan fingerprint density at radius 3 is 2.04 bits per heavy atom. The van der Waals surface area contributed by atoms with Gasteiger partial charge in [-0.05, 0) is 52.0 Å². The molecule has 0 aromatic heterocycles. The maximum Gasteiger partial charge on any atom is 0.323 e. The predicted molar refractivity (Wildman–Crippen MR) is 85.7 cm³/mol. The molecule has 1 rings (SSSR count). The fourth-order valence-electron chi connectivity index (χ4n) is 1.96. The zero-order chi connectivity index (χ0) is 17.8. The number of benzene rings is 1. The Balaban J connectivity index is 3.03. The monoisotopic (exact) mass is 342 g/mol. The first-order valence-electron chi connectivity index (χ1n) is 7.19. The lowest BCUT2D eigenvalue weighted by Gasteiger charge is -2.25. The smallest absolute Gasteiger partial charge is 0.323 e. The molecule has 23 heavy (non-hydrogen) atoms. The number of hydrogen-bond acceptors (Lipinski definition) is 4. The number of aliphatic carboxylic acids is 1. The Bertz CT molecular complexity index is 666. The van der Waals surface area contributed by atoms with Gasteiger partial charge in [-0.1, -0.05) is 0 Å². The summed E-state index contributed by atoms with van der Waals surface area (Å²) in [4.78, 5) is 24.5. The molecule has 8 heteroatoms. The van der Waals surface area contributed by atoms with Crippen LogP contribution in [0.3, 0.4) is 0 Å². The van der Waals surface area contributed by atoms with Crippen LogP contribution in [0, 0.1) is 0 Å². The Labute approximate surface area is 136 Å². The van der Waals surface area contributed by atoms with E-state index in [4.69, 9.17) is 5.11 Å². The number of amides is 1. The van der Waals surface area contributed by atoms with E-state index in [-0.39, 0.29) is 22.5 Å². The van der Waals surface area contributed by atoms with E-state index >= 15 is 0 Å². The van der Waals surface area contributed by atoms with E-state index in [9.17, 15) is 18.0 Å². The first-order chi connectivity index (χ1) is 10.5. The average Bonchev–Trinajstić information content (AvgIpc) is 2.42. The van der Waals surface area contributed by atoms with Crippen molar-refractivity contribution in [3.8, 4) is 0 Å². The van der Waals surface area contributed by atoms with Crippen molar-refractivity contribution in [2.24, 2.45) is 0 Å². The molecule has 1 aromatic rings. The van der Waals surface area contributed by atoms with Crippen molar-refractivity contribution < 1.29 is 23.1 Å². The Morgan fingerprint density at radius 2 is 1.65 bits per heavy atom. The molecular weight excluding hydrogens is 320 g/mol. The molecular formula is C15H22N2O5S. The second kappa shape index (κ2) is 7.56. The highest BCUT2D eigenvalue weighted by Crippen LogP contribution is 2.14. The van der Waals surface area contributed by atoms with Crippen molar-refractivity contribution in [2.75, 3.05) is 6.54 Å². The normalized spacial score (nSPS) is 11.7.